The summed E-state index contributed by atoms with van der Waals surface area (Å²) in [5.74, 6) is -0.298. The van der Waals surface area contributed by atoms with Crippen LogP contribution in [0.2, 0.25) is 0 Å². The van der Waals surface area contributed by atoms with Crippen molar-refractivity contribution in [2.75, 3.05) is 31.6 Å². The normalized spacial score (nSPS) is 9.75. The van der Waals surface area contributed by atoms with Crippen molar-refractivity contribution in [3.8, 4) is 0 Å². The molecule has 0 spiro atoms. The van der Waals surface area contributed by atoms with Crippen LogP contribution in [0.3, 0.4) is 0 Å². The van der Waals surface area contributed by atoms with Gasteiger partial charge in [-0.2, -0.15) is 0 Å². The van der Waals surface area contributed by atoms with Crippen LogP contribution in [0.25, 0.3) is 0 Å². The van der Waals surface area contributed by atoms with Crippen LogP contribution in [0.1, 0.15) is 31.9 Å². The Bertz CT molecular complexity index is 517. The lowest BCUT2D eigenvalue weighted by Crippen LogP contribution is -2.33. The number of likely N-dealkylation sites (N-methyl/N-ethyl adjacent to an activating group) is 1. The van der Waals surface area contributed by atoms with Crippen molar-refractivity contribution in [1.82, 2.24) is 4.90 Å². The van der Waals surface area contributed by atoms with Crippen molar-refractivity contribution in [2.45, 2.75) is 34.6 Å². The van der Waals surface area contributed by atoms with E-state index in [9.17, 15) is 9.59 Å². The number of anilines is 1. The Morgan fingerprint density at radius 1 is 1.17 bits per heavy atom. The summed E-state index contributed by atoms with van der Waals surface area (Å²) in [6, 6.07) is 6.03. The maximum Gasteiger partial charge on any atom is 0.330 e. The molecule has 0 saturated heterocycles. The highest BCUT2D eigenvalue weighted by Crippen LogP contribution is 2.19. The maximum absolute atomic E-state index is 11.9. The maximum atomic E-state index is 11.9. The van der Waals surface area contributed by atoms with E-state index in [0.29, 0.717) is 13.2 Å². The molecule has 0 aromatic heterocycles. The third-order valence-electron chi connectivity index (χ3n) is 3.46. The number of ether oxygens (including phenoxy) is 1. The molecule has 0 aliphatic heterocycles. The molecule has 1 aromatic carbocycles. The fraction of sp³-hybridized carbons (Fsp3) is 0.474. The van der Waals surface area contributed by atoms with Crippen LogP contribution in [-0.4, -0.2) is 43.0 Å². The van der Waals surface area contributed by atoms with Crippen molar-refractivity contribution in [3.63, 3.8) is 0 Å². The second-order valence-corrected chi connectivity index (χ2v) is 5.23. The Balaban J connectivity index is 0.000000640. The number of carbonyl (C=O) groups is 2. The van der Waals surface area contributed by atoms with E-state index in [2.05, 4.69) is 35.4 Å². The molecule has 0 fully saturated rings. The molecule has 24 heavy (non-hydrogen) atoms. The molecule has 0 bridgehead atoms. The number of esters is 1. The van der Waals surface area contributed by atoms with Gasteiger partial charge in [-0.05, 0) is 45.0 Å². The first kappa shape index (κ1) is 21.9. The number of nitrogens with zero attached hydrogens (tertiary/aromatic N) is 1. The van der Waals surface area contributed by atoms with Gasteiger partial charge in [-0.25, -0.2) is 4.79 Å². The first-order chi connectivity index (χ1) is 11.4. The van der Waals surface area contributed by atoms with Gasteiger partial charge in [-0.15, -0.1) is 0 Å². The zero-order valence-electron chi connectivity index (χ0n) is 15.5. The van der Waals surface area contributed by atoms with Crippen LogP contribution >= 0.6 is 0 Å². The molecular formula is C19H30N2O3. The number of nitrogens with one attached hydrogen (secondary N) is 1. The van der Waals surface area contributed by atoms with E-state index in [1.54, 1.807) is 6.92 Å². The van der Waals surface area contributed by atoms with Gasteiger partial charge in [-0.3, -0.25) is 9.69 Å². The summed E-state index contributed by atoms with van der Waals surface area (Å²) < 4.78 is 4.43. The topological polar surface area (TPSA) is 58.6 Å². The van der Waals surface area contributed by atoms with E-state index in [1.165, 1.54) is 0 Å². The van der Waals surface area contributed by atoms with E-state index >= 15 is 0 Å². The molecule has 1 N–H and O–H groups in total. The minimum absolute atomic E-state index is 0.0612. The lowest BCUT2D eigenvalue weighted by molar-refractivity contribution is -0.137. The molecule has 0 heterocycles. The van der Waals surface area contributed by atoms with E-state index in [1.807, 2.05) is 32.0 Å². The summed E-state index contributed by atoms with van der Waals surface area (Å²) >= 11 is 0. The van der Waals surface area contributed by atoms with Crippen molar-refractivity contribution >= 4 is 17.6 Å². The molecule has 5 heteroatoms. The van der Waals surface area contributed by atoms with Crippen molar-refractivity contribution < 1.29 is 14.3 Å². The van der Waals surface area contributed by atoms with Gasteiger partial charge in [0.05, 0.1) is 13.2 Å². The van der Waals surface area contributed by atoms with Gasteiger partial charge in [0, 0.05) is 11.8 Å². The van der Waals surface area contributed by atoms with Crippen LogP contribution in [0.4, 0.5) is 5.69 Å². The van der Waals surface area contributed by atoms with Crippen LogP contribution < -0.4 is 5.32 Å². The standard InChI is InChI=1S/C14H22N2O.C5H8O2/c1-5-16(6-2)10-13(17)15-14-11(3)8-7-9-12(14)4;1-3-5(6)7-4-2/h7-9H,5-6,10H2,1-4H3,(H,15,17);3H,1,4H2,2H3. The highest BCUT2D eigenvalue weighted by atomic mass is 16.5. The first-order valence-electron chi connectivity index (χ1n) is 8.27. The average molecular weight is 334 g/mol. The zero-order valence-corrected chi connectivity index (χ0v) is 15.5. The van der Waals surface area contributed by atoms with Gasteiger partial charge in [0.15, 0.2) is 0 Å². The number of amides is 1. The van der Waals surface area contributed by atoms with Crippen molar-refractivity contribution in [1.29, 1.82) is 0 Å². The number of carbonyl (C=O) groups excluding carboxylic acids is 2. The zero-order chi connectivity index (χ0) is 18.5. The van der Waals surface area contributed by atoms with Crippen LogP contribution in [-0.2, 0) is 14.3 Å². The van der Waals surface area contributed by atoms with Crippen LogP contribution in [0.15, 0.2) is 30.9 Å². The minimum Gasteiger partial charge on any atom is -0.463 e. The third kappa shape index (κ3) is 8.48. The van der Waals surface area contributed by atoms with Gasteiger partial charge in [0.1, 0.15) is 0 Å². The fourth-order valence-electron chi connectivity index (χ4n) is 2.04. The van der Waals surface area contributed by atoms with Gasteiger partial charge >= 0.3 is 5.97 Å². The molecule has 134 valence electrons. The summed E-state index contributed by atoms with van der Waals surface area (Å²) in [6.07, 6.45) is 1.14. The lowest BCUT2D eigenvalue weighted by Gasteiger charge is -2.18. The Hall–Kier alpha value is -2.14. The SMILES string of the molecule is C=CC(=O)OCC.CCN(CC)CC(=O)Nc1c(C)cccc1C. The molecule has 0 aliphatic rings. The summed E-state index contributed by atoms with van der Waals surface area (Å²) in [6.45, 7) is 15.8. The quantitative estimate of drug-likeness (QED) is 0.614. The number of benzene rings is 1. The van der Waals surface area contributed by atoms with E-state index in [0.717, 1.165) is 36.0 Å². The molecule has 1 aromatic rings. The molecule has 0 aliphatic carbocycles. The Morgan fingerprint density at radius 3 is 2.08 bits per heavy atom. The van der Waals surface area contributed by atoms with E-state index < -0.39 is 0 Å². The van der Waals surface area contributed by atoms with E-state index in [4.69, 9.17) is 0 Å². The molecule has 1 amide bonds. The molecular weight excluding hydrogens is 304 g/mol. The second kappa shape index (κ2) is 12.3. The highest BCUT2D eigenvalue weighted by molar-refractivity contribution is 5.93. The predicted molar refractivity (Wildman–Crippen MR) is 99.2 cm³/mol. The van der Waals surface area contributed by atoms with Gasteiger partial charge in [0.25, 0.3) is 0 Å². The van der Waals surface area contributed by atoms with Crippen molar-refractivity contribution in [2.24, 2.45) is 0 Å². The number of rotatable bonds is 7. The molecule has 0 unspecified atom stereocenters. The number of hydrogen-bond acceptors (Lipinski definition) is 4. The average Bonchev–Trinajstić information content (AvgIpc) is 2.57. The van der Waals surface area contributed by atoms with Crippen molar-refractivity contribution in [3.05, 3.63) is 42.0 Å². The smallest absolute Gasteiger partial charge is 0.330 e. The van der Waals surface area contributed by atoms with Crippen LogP contribution in [0, 0.1) is 13.8 Å². The van der Waals surface area contributed by atoms with Gasteiger partial charge in [0.2, 0.25) is 5.91 Å². The summed E-state index contributed by atoms with van der Waals surface area (Å²) in [7, 11) is 0. The molecule has 0 radical (unpaired) electrons. The van der Waals surface area contributed by atoms with Gasteiger partial charge < -0.3 is 10.1 Å². The summed E-state index contributed by atoms with van der Waals surface area (Å²) in [4.78, 5) is 24.1. The number of aryl methyl sites for hydroxylation is 2. The minimum atomic E-state index is -0.359. The monoisotopic (exact) mass is 334 g/mol. The summed E-state index contributed by atoms with van der Waals surface area (Å²) in [5.41, 5.74) is 3.17. The Morgan fingerprint density at radius 2 is 1.71 bits per heavy atom. The fourth-order valence-corrected chi connectivity index (χ4v) is 2.04. The molecule has 5 nitrogen and oxygen atoms in total. The molecule has 1 rings (SSSR count). The first-order valence-corrected chi connectivity index (χ1v) is 8.27. The largest absolute Gasteiger partial charge is 0.463 e. The molecule has 0 atom stereocenters. The number of hydrogen-bond donors (Lipinski definition) is 1. The number of para-hydroxylation sites is 1. The van der Waals surface area contributed by atoms with Crippen LogP contribution in [0.5, 0.6) is 0 Å². The summed E-state index contributed by atoms with van der Waals surface area (Å²) in [5, 5.41) is 3.00. The van der Waals surface area contributed by atoms with Gasteiger partial charge in [-0.1, -0.05) is 38.6 Å². The highest BCUT2D eigenvalue weighted by Gasteiger charge is 2.09. The predicted octanol–water partition coefficient (Wildman–Crippen LogP) is 3.32. The Labute approximate surface area is 145 Å². The lowest BCUT2D eigenvalue weighted by atomic mass is 10.1. The second-order valence-electron chi connectivity index (χ2n) is 5.23. The third-order valence-corrected chi connectivity index (χ3v) is 3.46. The molecule has 0 saturated carbocycles. The van der Waals surface area contributed by atoms with E-state index in [-0.39, 0.29) is 11.9 Å². The Kier molecular flexibility index (Phi) is 11.2.